The molecule has 0 heterocycles. The maximum absolute atomic E-state index is 12.6. The Morgan fingerprint density at radius 2 is 1.77 bits per heavy atom. The summed E-state index contributed by atoms with van der Waals surface area (Å²) in [5, 5.41) is 3.24. The lowest BCUT2D eigenvalue weighted by atomic mass is 9.67. The molecule has 2 bridgehead atoms. The zero-order valence-corrected chi connectivity index (χ0v) is 16.1. The number of amides is 1. The number of carbonyl (C=O) groups excluding carboxylic acids is 1. The van der Waals surface area contributed by atoms with E-state index in [9.17, 15) is 13.2 Å². The molecule has 7 heteroatoms. The Hall–Kier alpha value is -1.44. The Bertz CT molecular complexity index is 719. The molecule has 2 fully saturated rings. The molecule has 6 nitrogen and oxygen atoms in total. The molecule has 2 aliphatic rings. The predicted octanol–water partition coefficient (Wildman–Crippen LogP) is 1.76. The lowest BCUT2D eigenvalue weighted by molar-refractivity contribution is 0.0756. The maximum atomic E-state index is 12.6. The first-order chi connectivity index (χ1) is 12.4. The van der Waals surface area contributed by atoms with Crippen LogP contribution in [0.2, 0.25) is 0 Å². The molecule has 4 N–H and O–H groups in total. The number of nitrogens with two attached hydrogens (primary N) is 1. The van der Waals surface area contributed by atoms with Crippen LogP contribution in [0.4, 0.5) is 0 Å². The number of hydrogen-bond acceptors (Lipinski definition) is 4. The summed E-state index contributed by atoms with van der Waals surface area (Å²) in [6, 6.07) is 7.61. The van der Waals surface area contributed by atoms with Gasteiger partial charge in [-0.3, -0.25) is 4.79 Å². The summed E-state index contributed by atoms with van der Waals surface area (Å²) in [6.07, 6.45) is 5.52. The predicted molar refractivity (Wildman–Crippen MR) is 102 cm³/mol. The van der Waals surface area contributed by atoms with Crippen LogP contribution in [-0.4, -0.2) is 32.2 Å². The summed E-state index contributed by atoms with van der Waals surface area (Å²) in [4.78, 5) is 12.6. The van der Waals surface area contributed by atoms with E-state index in [-0.39, 0.29) is 30.3 Å². The minimum Gasteiger partial charge on any atom is -0.349 e. The van der Waals surface area contributed by atoms with Crippen molar-refractivity contribution in [2.75, 3.05) is 5.75 Å². The second kappa shape index (κ2) is 8.06. The highest BCUT2D eigenvalue weighted by Gasteiger charge is 2.39. The summed E-state index contributed by atoms with van der Waals surface area (Å²) in [5.74, 6) is 0.984. The highest BCUT2D eigenvalue weighted by molar-refractivity contribution is 7.89. The van der Waals surface area contributed by atoms with E-state index in [1.54, 1.807) is 31.2 Å². The third kappa shape index (κ3) is 4.64. The third-order valence-electron chi connectivity index (χ3n) is 5.77. The average molecular weight is 380 g/mol. The quantitative estimate of drug-likeness (QED) is 0.701. The van der Waals surface area contributed by atoms with Crippen molar-refractivity contribution in [1.29, 1.82) is 0 Å². The van der Waals surface area contributed by atoms with Crippen LogP contribution in [0.3, 0.4) is 0 Å². The minimum atomic E-state index is -3.22. The minimum absolute atomic E-state index is 0.0527. The molecule has 144 valence electrons. The van der Waals surface area contributed by atoms with Crippen LogP contribution in [0.15, 0.2) is 24.3 Å². The van der Waals surface area contributed by atoms with Crippen molar-refractivity contribution in [3.05, 3.63) is 35.4 Å². The van der Waals surface area contributed by atoms with Crippen LogP contribution >= 0.6 is 0 Å². The molecule has 26 heavy (non-hydrogen) atoms. The summed E-state index contributed by atoms with van der Waals surface area (Å²) in [5.41, 5.74) is 7.60. The van der Waals surface area contributed by atoms with E-state index >= 15 is 0 Å². The van der Waals surface area contributed by atoms with Crippen LogP contribution in [0.1, 0.15) is 54.9 Å². The Morgan fingerprint density at radius 3 is 2.35 bits per heavy atom. The van der Waals surface area contributed by atoms with Crippen molar-refractivity contribution in [1.82, 2.24) is 10.0 Å². The molecular weight excluding hydrogens is 350 g/mol. The third-order valence-corrected chi connectivity index (χ3v) is 7.11. The van der Waals surface area contributed by atoms with Crippen LogP contribution in [0, 0.1) is 11.8 Å². The van der Waals surface area contributed by atoms with Crippen LogP contribution in [0.5, 0.6) is 0 Å². The largest absolute Gasteiger partial charge is 0.349 e. The Labute approximate surface area is 156 Å². The lowest BCUT2D eigenvalue weighted by Crippen LogP contribution is -2.53. The molecule has 0 spiro atoms. The van der Waals surface area contributed by atoms with Crippen molar-refractivity contribution >= 4 is 15.9 Å². The molecule has 3 rings (SSSR count). The zero-order valence-electron chi connectivity index (χ0n) is 15.3. The second-order valence-corrected chi connectivity index (χ2v) is 9.70. The van der Waals surface area contributed by atoms with E-state index in [0.29, 0.717) is 17.4 Å². The maximum Gasteiger partial charge on any atom is 0.251 e. The highest BCUT2D eigenvalue weighted by atomic mass is 32.2. The normalized spacial score (nSPS) is 28.5. The van der Waals surface area contributed by atoms with E-state index in [4.69, 9.17) is 5.73 Å². The molecule has 2 unspecified atom stereocenters. The summed E-state index contributed by atoms with van der Waals surface area (Å²) < 4.78 is 25.5. The molecule has 2 atom stereocenters. The molecule has 0 radical (unpaired) electrons. The molecule has 0 aliphatic heterocycles. The van der Waals surface area contributed by atoms with Crippen LogP contribution in [0.25, 0.3) is 0 Å². The van der Waals surface area contributed by atoms with Gasteiger partial charge in [0, 0.05) is 24.2 Å². The van der Waals surface area contributed by atoms with Gasteiger partial charge in [0.05, 0.1) is 5.75 Å². The monoisotopic (exact) mass is 379 g/mol. The fraction of sp³-hybridized carbons (Fsp3) is 0.632. The van der Waals surface area contributed by atoms with Gasteiger partial charge in [-0.05, 0) is 62.1 Å². The van der Waals surface area contributed by atoms with Gasteiger partial charge in [-0.2, -0.15) is 0 Å². The SMILES string of the molecule is CCS(=O)(=O)NCc1ccc(C(=O)NC2C3CCCC2CC(N)C3)cc1. The Balaban J connectivity index is 1.60. The summed E-state index contributed by atoms with van der Waals surface area (Å²) in [7, 11) is -3.22. The number of nitrogens with one attached hydrogen (secondary N) is 2. The molecule has 0 aromatic heterocycles. The van der Waals surface area contributed by atoms with Gasteiger partial charge in [0.15, 0.2) is 0 Å². The van der Waals surface area contributed by atoms with Crippen LogP contribution in [-0.2, 0) is 16.6 Å². The topological polar surface area (TPSA) is 101 Å². The van der Waals surface area contributed by atoms with E-state index < -0.39 is 10.0 Å². The summed E-state index contributed by atoms with van der Waals surface area (Å²) in [6.45, 7) is 1.84. The number of carbonyl (C=O) groups is 1. The fourth-order valence-corrected chi connectivity index (χ4v) is 4.92. The first-order valence-electron chi connectivity index (χ1n) is 9.50. The first-order valence-corrected chi connectivity index (χ1v) is 11.2. The zero-order chi connectivity index (χ0) is 18.7. The van der Waals surface area contributed by atoms with Gasteiger partial charge in [-0.25, -0.2) is 13.1 Å². The van der Waals surface area contributed by atoms with Gasteiger partial charge < -0.3 is 11.1 Å². The number of benzene rings is 1. The van der Waals surface area contributed by atoms with Gasteiger partial charge in [-0.15, -0.1) is 0 Å². The van der Waals surface area contributed by atoms with E-state index in [1.807, 2.05) is 0 Å². The number of fused-ring (bicyclic) bond motifs is 2. The number of rotatable bonds is 6. The molecule has 1 aromatic carbocycles. The molecule has 2 aliphatic carbocycles. The smallest absolute Gasteiger partial charge is 0.251 e. The molecule has 1 amide bonds. The Kier molecular flexibility index (Phi) is 5.99. The number of hydrogen-bond donors (Lipinski definition) is 3. The average Bonchev–Trinajstić information content (AvgIpc) is 2.61. The van der Waals surface area contributed by atoms with E-state index in [2.05, 4.69) is 10.0 Å². The standard InChI is InChI=1S/C19H29N3O3S/c1-2-26(24,25)21-12-13-6-8-14(9-7-13)19(23)22-18-15-4-3-5-16(18)11-17(20)10-15/h6-9,15-18,21H,2-5,10-12,20H2,1H3,(H,22,23). The van der Waals surface area contributed by atoms with Gasteiger partial charge in [0.25, 0.3) is 5.91 Å². The van der Waals surface area contributed by atoms with Crippen molar-refractivity contribution in [3.63, 3.8) is 0 Å². The molecule has 1 aromatic rings. The van der Waals surface area contributed by atoms with Gasteiger partial charge in [-0.1, -0.05) is 18.6 Å². The lowest BCUT2D eigenvalue weighted by Gasteiger charge is -2.45. The van der Waals surface area contributed by atoms with Crippen molar-refractivity contribution in [3.8, 4) is 0 Å². The fourth-order valence-electron chi connectivity index (χ4n) is 4.33. The Morgan fingerprint density at radius 1 is 1.15 bits per heavy atom. The van der Waals surface area contributed by atoms with E-state index in [0.717, 1.165) is 31.2 Å². The van der Waals surface area contributed by atoms with Crippen LogP contribution < -0.4 is 15.8 Å². The van der Waals surface area contributed by atoms with Crippen molar-refractivity contribution in [2.45, 2.75) is 57.7 Å². The first kappa shape index (κ1) is 19.3. The van der Waals surface area contributed by atoms with Gasteiger partial charge in [0.1, 0.15) is 0 Å². The molecular formula is C19H29N3O3S. The van der Waals surface area contributed by atoms with Gasteiger partial charge in [0.2, 0.25) is 10.0 Å². The number of sulfonamides is 1. The molecule has 2 saturated carbocycles. The second-order valence-electron chi connectivity index (χ2n) is 7.60. The highest BCUT2D eigenvalue weighted by Crippen LogP contribution is 2.39. The van der Waals surface area contributed by atoms with Gasteiger partial charge >= 0.3 is 0 Å². The summed E-state index contributed by atoms with van der Waals surface area (Å²) >= 11 is 0. The molecule has 0 saturated heterocycles. The van der Waals surface area contributed by atoms with Crippen molar-refractivity contribution < 1.29 is 13.2 Å². The van der Waals surface area contributed by atoms with E-state index in [1.165, 1.54) is 6.42 Å². The van der Waals surface area contributed by atoms with Crippen molar-refractivity contribution in [2.24, 2.45) is 17.6 Å².